The molecule has 6 nitrogen and oxygen atoms in total. The third kappa shape index (κ3) is 3.36. The number of carbonyl (C=O) groups is 2. The molecule has 2 aromatic carbocycles. The molecule has 1 N–H and O–H groups in total. The first-order valence-electron chi connectivity index (χ1n) is 9.68. The Bertz CT molecular complexity index is 1370. The molecule has 1 unspecified atom stereocenters. The Hall–Kier alpha value is -3.84. The summed E-state index contributed by atoms with van der Waals surface area (Å²) in [5.41, 5.74) is 0.740. The molecular weight excluding hydrogens is 437 g/mol. The lowest BCUT2D eigenvalue weighted by Gasteiger charge is -2.25. The predicted molar refractivity (Wildman–Crippen MR) is 114 cm³/mol. The van der Waals surface area contributed by atoms with Crippen molar-refractivity contribution in [1.29, 1.82) is 0 Å². The SMILES string of the molecule is O=C(C1=C(O)C(=O)N(Cc2ccco2)C1c1ccc(F)cc1)c1cc2cc(Cl)ccc2o1. The molecule has 4 aromatic rings. The van der Waals surface area contributed by atoms with E-state index in [0.29, 0.717) is 27.3 Å². The number of amides is 1. The topological polar surface area (TPSA) is 83.9 Å². The van der Waals surface area contributed by atoms with Crippen molar-refractivity contribution in [1.82, 2.24) is 4.90 Å². The Balaban J connectivity index is 1.60. The number of halogens is 2. The van der Waals surface area contributed by atoms with Crippen LogP contribution < -0.4 is 0 Å². The van der Waals surface area contributed by atoms with Gasteiger partial charge in [0.1, 0.15) is 17.2 Å². The fourth-order valence-electron chi connectivity index (χ4n) is 3.87. The molecule has 0 saturated carbocycles. The number of hydrogen-bond acceptors (Lipinski definition) is 5. The van der Waals surface area contributed by atoms with Gasteiger partial charge in [-0.3, -0.25) is 9.59 Å². The molecule has 1 aliphatic heterocycles. The van der Waals surface area contributed by atoms with Crippen LogP contribution in [0.3, 0.4) is 0 Å². The van der Waals surface area contributed by atoms with Crippen molar-refractivity contribution < 1.29 is 27.9 Å². The summed E-state index contributed by atoms with van der Waals surface area (Å²) in [6.07, 6.45) is 1.46. The zero-order chi connectivity index (χ0) is 22.4. The van der Waals surface area contributed by atoms with Crippen LogP contribution in [0.4, 0.5) is 4.39 Å². The first kappa shape index (κ1) is 20.1. The molecule has 0 radical (unpaired) electrons. The van der Waals surface area contributed by atoms with Crippen LogP contribution in [0.25, 0.3) is 11.0 Å². The Morgan fingerprint density at radius 2 is 1.91 bits per heavy atom. The summed E-state index contributed by atoms with van der Waals surface area (Å²) < 4.78 is 24.6. The van der Waals surface area contributed by atoms with Crippen molar-refractivity contribution in [3.05, 3.63) is 106 Å². The molecule has 0 fully saturated rings. The van der Waals surface area contributed by atoms with Crippen LogP contribution in [0.2, 0.25) is 5.02 Å². The van der Waals surface area contributed by atoms with E-state index in [1.807, 2.05) is 0 Å². The molecule has 5 rings (SSSR count). The van der Waals surface area contributed by atoms with E-state index < -0.39 is 29.3 Å². The first-order valence-corrected chi connectivity index (χ1v) is 10.1. The highest BCUT2D eigenvalue weighted by molar-refractivity contribution is 6.31. The van der Waals surface area contributed by atoms with E-state index >= 15 is 0 Å². The van der Waals surface area contributed by atoms with Crippen LogP contribution in [0, 0.1) is 5.82 Å². The van der Waals surface area contributed by atoms with Crippen molar-refractivity contribution >= 4 is 34.3 Å². The van der Waals surface area contributed by atoms with Gasteiger partial charge in [-0.2, -0.15) is 0 Å². The van der Waals surface area contributed by atoms with Gasteiger partial charge < -0.3 is 18.8 Å². The molecular formula is C24H15ClFNO5. The van der Waals surface area contributed by atoms with Crippen molar-refractivity contribution in [2.75, 3.05) is 0 Å². The second-order valence-corrected chi connectivity index (χ2v) is 7.79. The van der Waals surface area contributed by atoms with Crippen LogP contribution >= 0.6 is 11.6 Å². The minimum atomic E-state index is -0.961. The van der Waals surface area contributed by atoms with E-state index in [-0.39, 0.29) is 17.9 Å². The van der Waals surface area contributed by atoms with Gasteiger partial charge in [-0.15, -0.1) is 0 Å². The van der Waals surface area contributed by atoms with Crippen molar-refractivity contribution in [2.45, 2.75) is 12.6 Å². The summed E-state index contributed by atoms with van der Waals surface area (Å²) in [6, 6.07) is 14.2. The highest BCUT2D eigenvalue weighted by Gasteiger charge is 2.44. The Morgan fingerprint density at radius 3 is 2.62 bits per heavy atom. The molecule has 1 aliphatic rings. The normalized spacial score (nSPS) is 16.4. The summed E-state index contributed by atoms with van der Waals surface area (Å²) in [7, 11) is 0. The standard InChI is InChI=1S/C24H15ClFNO5/c25-15-5-8-18-14(10-15)11-19(32-18)22(28)20-21(13-3-6-16(26)7-4-13)27(24(30)23(20)29)12-17-2-1-9-31-17/h1-11,21,29H,12H2. The van der Waals surface area contributed by atoms with Crippen LogP contribution in [0.15, 0.2) is 87.1 Å². The highest BCUT2D eigenvalue weighted by Crippen LogP contribution is 2.40. The molecule has 160 valence electrons. The van der Waals surface area contributed by atoms with Crippen molar-refractivity contribution in [3.63, 3.8) is 0 Å². The average molecular weight is 452 g/mol. The third-order valence-corrected chi connectivity index (χ3v) is 5.58. The molecule has 2 aromatic heterocycles. The average Bonchev–Trinajstić information content (AvgIpc) is 3.49. The smallest absolute Gasteiger partial charge is 0.290 e. The number of furan rings is 2. The number of ketones is 1. The lowest BCUT2D eigenvalue weighted by Crippen LogP contribution is -2.30. The summed E-state index contributed by atoms with van der Waals surface area (Å²) in [6.45, 7) is 0.00442. The number of aliphatic hydroxyl groups is 1. The summed E-state index contributed by atoms with van der Waals surface area (Å²) >= 11 is 6.01. The number of benzene rings is 2. The fraction of sp³-hybridized carbons (Fsp3) is 0.0833. The number of rotatable bonds is 5. The molecule has 0 aliphatic carbocycles. The van der Waals surface area contributed by atoms with Crippen LogP contribution in [0.5, 0.6) is 0 Å². The maximum absolute atomic E-state index is 13.6. The second-order valence-electron chi connectivity index (χ2n) is 7.35. The van der Waals surface area contributed by atoms with Gasteiger partial charge in [-0.1, -0.05) is 23.7 Å². The zero-order valence-electron chi connectivity index (χ0n) is 16.4. The Labute approximate surface area is 186 Å². The van der Waals surface area contributed by atoms with Gasteiger partial charge in [0.2, 0.25) is 5.78 Å². The van der Waals surface area contributed by atoms with E-state index in [2.05, 4.69) is 0 Å². The molecule has 1 amide bonds. The summed E-state index contributed by atoms with van der Waals surface area (Å²) in [5.74, 6) is -2.13. The second kappa shape index (κ2) is 7.69. The van der Waals surface area contributed by atoms with Gasteiger partial charge in [0, 0.05) is 10.4 Å². The number of nitrogens with zero attached hydrogens (tertiary/aromatic N) is 1. The Morgan fingerprint density at radius 1 is 1.12 bits per heavy atom. The number of carbonyl (C=O) groups excluding carboxylic acids is 2. The van der Waals surface area contributed by atoms with E-state index in [0.717, 1.165) is 0 Å². The maximum Gasteiger partial charge on any atom is 0.290 e. The van der Waals surface area contributed by atoms with Crippen molar-refractivity contribution in [3.8, 4) is 0 Å². The van der Waals surface area contributed by atoms with Gasteiger partial charge in [-0.25, -0.2) is 4.39 Å². The van der Waals surface area contributed by atoms with Crippen molar-refractivity contribution in [2.24, 2.45) is 0 Å². The zero-order valence-corrected chi connectivity index (χ0v) is 17.2. The number of hydrogen-bond donors (Lipinski definition) is 1. The molecule has 32 heavy (non-hydrogen) atoms. The number of fused-ring (bicyclic) bond motifs is 1. The molecule has 0 spiro atoms. The molecule has 3 heterocycles. The van der Waals surface area contributed by atoms with Crippen LogP contribution in [0.1, 0.15) is 27.9 Å². The fourth-order valence-corrected chi connectivity index (χ4v) is 4.05. The highest BCUT2D eigenvalue weighted by atomic mass is 35.5. The minimum absolute atomic E-state index is 0.00442. The van der Waals surface area contributed by atoms with Gasteiger partial charge in [0.05, 0.1) is 24.4 Å². The monoisotopic (exact) mass is 451 g/mol. The lowest BCUT2D eigenvalue weighted by atomic mass is 9.95. The summed E-state index contributed by atoms with van der Waals surface area (Å²) in [5, 5.41) is 11.8. The summed E-state index contributed by atoms with van der Waals surface area (Å²) in [4.78, 5) is 27.7. The predicted octanol–water partition coefficient (Wildman–Crippen LogP) is 5.60. The number of Topliss-reactive ketones (excluding diaryl/α,β-unsaturated/α-hetero) is 1. The van der Waals surface area contributed by atoms with E-state index in [9.17, 15) is 19.1 Å². The van der Waals surface area contributed by atoms with Gasteiger partial charge in [0.15, 0.2) is 11.5 Å². The van der Waals surface area contributed by atoms with Crippen LogP contribution in [-0.2, 0) is 11.3 Å². The van der Waals surface area contributed by atoms with E-state index in [1.54, 1.807) is 30.3 Å². The lowest BCUT2D eigenvalue weighted by molar-refractivity contribution is -0.130. The third-order valence-electron chi connectivity index (χ3n) is 5.34. The minimum Gasteiger partial charge on any atom is -0.503 e. The van der Waals surface area contributed by atoms with Crippen LogP contribution in [-0.4, -0.2) is 21.7 Å². The molecule has 8 heteroatoms. The maximum atomic E-state index is 13.6. The quantitative estimate of drug-likeness (QED) is 0.399. The molecule has 0 saturated heterocycles. The van der Waals surface area contributed by atoms with Gasteiger partial charge in [0.25, 0.3) is 5.91 Å². The molecule has 1 atom stereocenters. The van der Waals surface area contributed by atoms with E-state index in [4.69, 9.17) is 20.4 Å². The Kier molecular flexibility index (Phi) is 4.83. The number of aliphatic hydroxyl groups excluding tert-OH is 1. The van der Waals surface area contributed by atoms with E-state index in [1.165, 1.54) is 41.5 Å². The first-order chi connectivity index (χ1) is 15.4. The molecule has 0 bridgehead atoms. The van der Waals surface area contributed by atoms with Gasteiger partial charge in [-0.05, 0) is 54.1 Å². The largest absolute Gasteiger partial charge is 0.503 e. The van der Waals surface area contributed by atoms with Gasteiger partial charge >= 0.3 is 0 Å².